The highest BCUT2D eigenvalue weighted by Gasteiger charge is 2.40. The number of carbonyl (C=O) groups is 1. The van der Waals surface area contributed by atoms with Gasteiger partial charge in [-0.05, 0) is 19.1 Å². The molecule has 2 aliphatic rings. The molecule has 4 heteroatoms. The third-order valence-corrected chi connectivity index (χ3v) is 3.44. The van der Waals surface area contributed by atoms with Gasteiger partial charge in [0.05, 0.1) is 5.56 Å². The molecule has 17 heavy (non-hydrogen) atoms. The van der Waals surface area contributed by atoms with E-state index in [1.165, 1.54) is 0 Å². The molecule has 1 amide bonds. The monoisotopic (exact) mass is 232 g/mol. The van der Waals surface area contributed by atoms with Crippen molar-refractivity contribution in [3.05, 3.63) is 29.3 Å². The highest BCUT2D eigenvalue weighted by atomic mass is 16.5. The van der Waals surface area contributed by atoms with Crippen LogP contribution in [0, 0.1) is 6.92 Å². The summed E-state index contributed by atoms with van der Waals surface area (Å²) in [5.74, 6) is 0.693. The van der Waals surface area contributed by atoms with Crippen LogP contribution in [-0.2, 0) is 0 Å². The number of aryl methyl sites for hydroxylation is 1. The van der Waals surface area contributed by atoms with E-state index in [1.54, 1.807) is 0 Å². The Bertz CT molecular complexity index is 464. The first-order valence-corrected chi connectivity index (χ1v) is 6.01. The SMILES string of the molecule is Cc1ccc2c(c1)C(=O)NC1(CCNCC1)O2. The van der Waals surface area contributed by atoms with Gasteiger partial charge in [-0.25, -0.2) is 0 Å². The van der Waals surface area contributed by atoms with Gasteiger partial charge in [0.25, 0.3) is 5.91 Å². The number of rotatable bonds is 0. The summed E-state index contributed by atoms with van der Waals surface area (Å²) in [6, 6.07) is 5.75. The lowest BCUT2D eigenvalue weighted by atomic mass is 9.97. The van der Waals surface area contributed by atoms with Crippen LogP contribution in [0.4, 0.5) is 0 Å². The molecule has 1 saturated heterocycles. The van der Waals surface area contributed by atoms with Crippen molar-refractivity contribution in [1.29, 1.82) is 0 Å². The average Bonchev–Trinajstić information content (AvgIpc) is 2.31. The van der Waals surface area contributed by atoms with Crippen LogP contribution in [0.1, 0.15) is 28.8 Å². The number of carbonyl (C=O) groups excluding carboxylic acids is 1. The smallest absolute Gasteiger partial charge is 0.258 e. The van der Waals surface area contributed by atoms with Crippen LogP contribution in [0.15, 0.2) is 18.2 Å². The van der Waals surface area contributed by atoms with E-state index in [0.29, 0.717) is 11.3 Å². The minimum atomic E-state index is -0.495. The molecule has 1 aromatic carbocycles. The maximum atomic E-state index is 12.1. The second-order valence-electron chi connectivity index (χ2n) is 4.80. The molecular weight excluding hydrogens is 216 g/mol. The van der Waals surface area contributed by atoms with E-state index in [0.717, 1.165) is 31.5 Å². The van der Waals surface area contributed by atoms with E-state index in [1.807, 2.05) is 25.1 Å². The van der Waals surface area contributed by atoms with E-state index >= 15 is 0 Å². The van der Waals surface area contributed by atoms with Gasteiger partial charge < -0.3 is 15.4 Å². The van der Waals surface area contributed by atoms with Gasteiger partial charge in [0.2, 0.25) is 0 Å². The number of piperidine rings is 1. The normalized spacial score (nSPS) is 21.6. The third kappa shape index (κ3) is 1.78. The van der Waals surface area contributed by atoms with E-state index in [2.05, 4.69) is 10.6 Å². The predicted octanol–water partition coefficient (Wildman–Crippen LogP) is 1.20. The molecular formula is C13H16N2O2. The van der Waals surface area contributed by atoms with E-state index in [-0.39, 0.29) is 5.91 Å². The molecule has 0 aromatic heterocycles. The third-order valence-electron chi connectivity index (χ3n) is 3.44. The first kappa shape index (κ1) is 10.6. The van der Waals surface area contributed by atoms with Crippen molar-refractivity contribution in [2.75, 3.05) is 13.1 Å². The molecule has 0 saturated carbocycles. The van der Waals surface area contributed by atoms with Gasteiger partial charge in [-0.2, -0.15) is 0 Å². The first-order valence-electron chi connectivity index (χ1n) is 6.01. The number of fused-ring (bicyclic) bond motifs is 1. The lowest BCUT2D eigenvalue weighted by Gasteiger charge is -2.41. The molecule has 0 radical (unpaired) electrons. The lowest BCUT2D eigenvalue weighted by Crippen LogP contribution is -2.60. The van der Waals surface area contributed by atoms with Crippen molar-refractivity contribution in [2.24, 2.45) is 0 Å². The number of hydrogen-bond donors (Lipinski definition) is 2. The molecule has 1 spiro atoms. The van der Waals surface area contributed by atoms with Gasteiger partial charge in [-0.15, -0.1) is 0 Å². The first-order chi connectivity index (χ1) is 8.19. The quantitative estimate of drug-likeness (QED) is 0.706. The Morgan fingerprint density at radius 2 is 2.06 bits per heavy atom. The summed E-state index contributed by atoms with van der Waals surface area (Å²) in [5, 5.41) is 6.29. The molecule has 90 valence electrons. The summed E-state index contributed by atoms with van der Waals surface area (Å²) in [6.07, 6.45) is 1.62. The summed E-state index contributed by atoms with van der Waals surface area (Å²) in [4.78, 5) is 12.1. The van der Waals surface area contributed by atoms with Crippen LogP contribution < -0.4 is 15.4 Å². The zero-order chi connectivity index (χ0) is 11.9. The van der Waals surface area contributed by atoms with Crippen molar-refractivity contribution in [1.82, 2.24) is 10.6 Å². The number of nitrogens with one attached hydrogen (secondary N) is 2. The Morgan fingerprint density at radius 3 is 2.82 bits per heavy atom. The molecule has 1 aromatic rings. The summed E-state index contributed by atoms with van der Waals surface area (Å²) < 4.78 is 6.01. The largest absolute Gasteiger partial charge is 0.467 e. The van der Waals surface area contributed by atoms with Crippen molar-refractivity contribution >= 4 is 5.91 Å². The lowest BCUT2D eigenvalue weighted by molar-refractivity contribution is -0.00354. The van der Waals surface area contributed by atoms with E-state index in [9.17, 15) is 4.79 Å². The Balaban J connectivity index is 1.97. The molecule has 2 heterocycles. The number of hydrogen-bond acceptors (Lipinski definition) is 3. The van der Waals surface area contributed by atoms with Crippen molar-refractivity contribution in [3.63, 3.8) is 0 Å². The fourth-order valence-electron chi connectivity index (χ4n) is 2.48. The summed E-state index contributed by atoms with van der Waals surface area (Å²) in [6.45, 7) is 3.73. The molecule has 1 fully saturated rings. The van der Waals surface area contributed by atoms with Crippen LogP contribution in [0.25, 0.3) is 0 Å². The van der Waals surface area contributed by atoms with Gasteiger partial charge in [0, 0.05) is 25.9 Å². The second-order valence-corrected chi connectivity index (χ2v) is 4.80. The summed E-state index contributed by atoms with van der Waals surface area (Å²) in [5.41, 5.74) is 1.22. The number of ether oxygens (including phenoxy) is 1. The zero-order valence-electron chi connectivity index (χ0n) is 9.88. The molecule has 0 bridgehead atoms. The second kappa shape index (κ2) is 3.74. The predicted molar refractivity (Wildman–Crippen MR) is 64.1 cm³/mol. The standard InChI is InChI=1S/C13H16N2O2/c1-9-2-3-11-10(8-9)12(16)15-13(17-11)4-6-14-7-5-13/h2-3,8,14H,4-7H2,1H3,(H,15,16). The maximum absolute atomic E-state index is 12.1. The van der Waals surface area contributed by atoms with Crippen LogP contribution in [0.5, 0.6) is 5.75 Å². The van der Waals surface area contributed by atoms with Crippen LogP contribution in [-0.4, -0.2) is 24.7 Å². The minimum absolute atomic E-state index is 0.0168. The highest BCUT2D eigenvalue weighted by molar-refractivity contribution is 5.98. The Kier molecular flexibility index (Phi) is 2.33. The van der Waals surface area contributed by atoms with Crippen LogP contribution in [0.2, 0.25) is 0 Å². The van der Waals surface area contributed by atoms with Crippen LogP contribution >= 0.6 is 0 Å². The van der Waals surface area contributed by atoms with E-state index in [4.69, 9.17) is 4.74 Å². The van der Waals surface area contributed by atoms with Gasteiger partial charge >= 0.3 is 0 Å². The maximum Gasteiger partial charge on any atom is 0.258 e. The molecule has 2 aliphatic heterocycles. The number of amides is 1. The molecule has 2 N–H and O–H groups in total. The van der Waals surface area contributed by atoms with Crippen molar-refractivity contribution in [2.45, 2.75) is 25.5 Å². The zero-order valence-corrected chi connectivity index (χ0v) is 9.88. The van der Waals surface area contributed by atoms with Gasteiger partial charge in [0.15, 0.2) is 5.72 Å². The average molecular weight is 232 g/mol. The number of benzene rings is 1. The van der Waals surface area contributed by atoms with E-state index < -0.39 is 5.72 Å². The van der Waals surface area contributed by atoms with Crippen LogP contribution in [0.3, 0.4) is 0 Å². The Morgan fingerprint density at radius 1 is 1.29 bits per heavy atom. The van der Waals surface area contributed by atoms with Crippen molar-refractivity contribution in [3.8, 4) is 5.75 Å². The Labute approximate surface area is 100 Å². The minimum Gasteiger partial charge on any atom is -0.467 e. The molecule has 4 nitrogen and oxygen atoms in total. The fourth-order valence-corrected chi connectivity index (χ4v) is 2.48. The molecule has 3 rings (SSSR count). The fraction of sp³-hybridized carbons (Fsp3) is 0.462. The van der Waals surface area contributed by atoms with Gasteiger partial charge in [0.1, 0.15) is 5.75 Å². The topological polar surface area (TPSA) is 50.4 Å². The summed E-state index contributed by atoms with van der Waals surface area (Å²) >= 11 is 0. The van der Waals surface area contributed by atoms with Gasteiger partial charge in [-0.3, -0.25) is 4.79 Å². The molecule has 0 aliphatic carbocycles. The highest BCUT2D eigenvalue weighted by Crippen LogP contribution is 2.32. The molecule has 0 unspecified atom stereocenters. The Hall–Kier alpha value is -1.55. The molecule has 0 atom stereocenters. The summed E-state index contributed by atoms with van der Waals surface area (Å²) in [7, 11) is 0. The van der Waals surface area contributed by atoms with Gasteiger partial charge in [-0.1, -0.05) is 11.6 Å². The van der Waals surface area contributed by atoms with Crippen molar-refractivity contribution < 1.29 is 9.53 Å².